The highest BCUT2D eigenvalue weighted by Crippen LogP contribution is 2.53. The summed E-state index contributed by atoms with van der Waals surface area (Å²) in [7, 11) is -3.04. The van der Waals surface area contributed by atoms with Gasteiger partial charge in [-0.15, -0.1) is 0 Å². The number of hydrogen-bond donors (Lipinski definition) is 1. The fraction of sp³-hybridized carbons (Fsp3) is 1.00. The Morgan fingerprint density at radius 2 is 1.86 bits per heavy atom. The van der Waals surface area contributed by atoms with Crippen molar-refractivity contribution in [2.45, 2.75) is 76.2 Å². The molecule has 0 aromatic carbocycles. The first-order chi connectivity index (χ1) is 9.73. The van der Waals surface area contributed by atoms with Crippen LogP contribution in [0.1, 0.15) is 59.3 Å². The highest BCUT2D eigenvalue weighted by atomic mass is 32.2. The summed E-state index contributed by atoms with van der Waals surface area (Å²) in [6.45, 7) is 6.97. The van der Waals surface area contributed by atoms with E-state index in [1.165, 1.54) is 38.4 Å². The Labute approximate surface area is 129 Å². The Balaban J connectivity index is 2.00. The summed E-state index contributed by atoms with van der Waals surface area (Å²) in [4.78, 5) is 0. The molecule has 0 heterocycles. The standard InChI is InChI=1S/C16H31NO3S/c1-5-20-14-11-13(16(14)9-7-6-8-10-16)17-12-15(2,3)21(4,18)19/h13-14,17H,5-12H2,1-4H3. The second-order valence-corrected chi connectivity index (χ2v) is 10.1. The molecule has 0 aromatic rings. The summed E-state index contributed by atoms with van der Waals surface area (Å²) >= 11 is 0. The van der Waals surface area contributed by atoms with Gasteiger partial charge in [-0.25, -0.2) is 8.42 Å². The lowest BCUT2D eigenvalue weighted by Gasteiger charge is -2.58. The molecule has 4 nitrogen and oxygen atoms in total. The van der Waals surface area contributed by atoms with Crippen molar-refractivity contribution in [3.05, 3.63) is 0 Å². The molecule has 2 fully saturated rings. The minimum atomic E-state index is -3.04. The van der Waals surface area contributed by atoms with Crippen LogP contribution in [0.3, 0.4) is 0 Å². The maximum Gasteiger partial charge on any atom is 0.153 e. The maximum atomic E-state index is 11.8. The lowest BCUT2D eigenvalue weighted by atomic mass is 9.55. The van der Waals surface area contributed by atoms with E-state index in [0.717, 1.165) is 13.0 Å². The third-order valence-corrected chi connectivity index (χ3v) is 7.87. The molecule has 21 heavy (non-hydrogen) atoms. The van der Waals surface area contributed by atoms with Gasteiger partial charge in [0, 0.05) is 30.9 Å². The predicted octanol–water partition coefficient (Wildman–Crippen LogP) is 2.53. The zero-order valence-electron chi connectivity index (χ0n) is 13.9. The van der Waals surface area contributed by atoms with Crippen LogP contribution < -0.4 is 5.32 Å². The molecule has 124 valence electrons. The fourth-order valence-electron chi connectivity index (χ4n) is 3.85. The molecule has 1 spiro atoms. The van der Waals surface area contributed by atoms with Crippen molar-refractivity contribution in [3.8, 4) is 0 Å². The molecule has 2 unspecified atom stereocenters. The number of nitrogens with one attached hydrogen (secondary N) is 1. The van der Waals surface area contributed by atoms with Crippen molar-refractivity contribution in [2.75, 3.05) is 19.4 Å². The molecule has 2 atom stereocenters. The second-order valence-electron chi connectivity index (χ2n) is 7.44. The van der Waals surface area contributed by atoms with Crippen LogP contribution >= 0.6 is 0 Å². The van der Waals surface area contributed by atoms with Gasteiger partial charge in [-0.05, 0) is 40.0 Å². The van der Waals surface area contributed by atoms with Crippen LogP contribution in [0.25, 0.3) is 0 Å². The molecule has 2 saturated carbocycles. The Morgan fingerprint density at radius 1 is 1.24 bits per heavy atom. The van der Waals surface area contributed by atoms with E-state index in [9.17, 15) is 8.42 Å². The third kappa shape index (κ3) is 3.30. The summed E-state index contributed by atoms with van der Waals surface area (Å²) in [5, 5.41) is 3.56. The van der Waals surface area contributed by atoms with Crippen molar-refractivity contribution >= 4 is 9.84 Å². The Hall–Kier alpha value is -0.130. The van der Waals surface area contributed by atoms with Crippen molar-refractivity contribution in [1.29, 1.82) is 0 Å². The molecule has 0 bridgehead atoms. The van der Waals surface area contributed by atoms with Crippen LogP contribution in [0.4, 0.5) is 0 Å². The molecular weight excluding hydrogens is 286 g/mol. The van der Waals surface area contributed by atoms with Crippen molar-refractivity contribution in [1.82, 2.24) is 5.32 Å². The van der Waals surface area contributed by atoms with Gasteiger partial charge in [0.1, 0.15) is 0 Å². The van der Waals surface area contributed by atoms with Crippen LogP contribution in [-0.2, 0) is 14.6 Å². The zero-order valence-corrected chi connectivity index (χ0v) is 14.8. The van der Waals surface area contributed by atoms with Gasteiger partial charge in [-0.3, -0.25) is 0 Å². The molecule has 0 amide bonds. The van der Waals surface area contributed by atoms with E-state index < -0.39 is 14.6 Å². The van der Waals surface area contributed by atoms with E-state index in [1.54, 1.807) is 0 Å². The first-order valence-corrected chi connectivity index (χ1v) is 10.2. The van der Waals surface area contributed by atoms with Crippen LogP contribution in [-0.4, -0.2) is 44.7 Å². The first kappa shape index (κ1) is 17.2. The molecule has 0 aliphatic heterocycles. The molecular formula is C16H31NO3S. The summed E-state index contributed by atoms with van der Waals surface area (Å²) < 4.78 is 28.9. The Morgan fingerprint density at radius 3 is 2.38 bits per heavy atom. The van der Waals surface area contributed by atoms with Crippen molar-refractivity contribution in [3.63, 3.8) is 0 Å². The summed E-state index contributed by atoms with van der Waals surface area (Å²) in [6.07, 6.45) is 9.02. The Bertz CT molecular complexity index is 452. The summed E-state index contributed by atoms with van der Waals surface area (Å²) in [5.74, 6) is 0. The third-order valence-electron chi connectivity index (χ3n) is 5.72. The lowest BCUT2D eigenvalue weighted by Crippen LogP contribution is -2.66. The van der Waals surface area contributed by atoms with Crippen molar-refractivity contribution in [2.24, 2.45) is 5.41 Å². The quantitative estimate of drug-likeness (QED) is 0.818. The van der Waals surface area contributed by atoms with Gasteiger partial charge in [-0.2, -0.15) is 0 Å². The van der Waals surface area contributed by atoms with E-state index in [1.807, 2.05) is 13.8 Å². The van der Waals surface area contributed by atoms with Gasteiger partial charge in [0.15, 0.2) is 9.84 Å². The maximum absolute atomic E-state index is 11.8. The minimum Gasteiger partial charge on any atom is -0.378 e. The van der Waals surface area contributed by atoms with E-state index in [0.29, 0.717) is 18.7 Å². The van der Waals surface area contributed by atoms with E-state index in [2.05, 4.69) is 12.2 Å². The van der Waals surface area contributed by atoms with Crippen LogP contribution in [0.2, 0.25) is 0 Å². The highest BCUT2D eigenvalue weighted by molar-refractivity contribution is 7.92. The number of hydrogen-bond acceptors (Lipinski definition) is 4. The largest absolute Gasteiger partial charge is 0.378 e. The first-order valence-electron chi connectivity index (χ1n) is 8.27. The van der Waals surface area contributed by atoms with Crippen LogP contribution in [0, 0.1) is 5.41 Å². The fourth-order valence-corrected chi connectivity index (χ4v) is 4.20. The zero-order chi connectivity index (χ0) is 15.7. The van der Waals surface area contributed by atoms with Gasteiger partial charge in [0.05, 0.1) is 10.9 Å². The molecule has 2 aliphatic rings. The minimum absolute atomic E-state index is 0.252. The van der Waals surface area contributed by atoms with Crippen LogP contribution in [0.5, 0.6) is 0 Å². The number of ether oxygens (including phenoxy) is 1. The van der Waals surface area contributed by atoms with Gasteiger partial charge in [-0.1, -0.05) is 19.3 Å². The molecule has 0 aromatic heterocycles. The molecule has 2 aliphatic carbocycles. The Kier molecular flexibility index (Phi) is 5.06. The SMILES string of the molecule is CCOC1CC(NCC(C)(C)S(C)(=O)=O)C12CCCCC2. The lowest BCUT2D eigenvalue weighted by molar-refractivity contribution is -0.150. The summed E-state index contributed by atoms with van der Waals surface area (Å²) in [5.41, 5.74) is 0.252. The molecule has 2 rings (SSSR count). The van der Waals surface area contributed by atoms with Crippen LogP contribution in [0.15, 0.2) is 0 Å². The van der Waals surface area contributed by atoms with E-state index in [-0.39, 0.29) is 5.41 Å². The average molecular weight is 317 g/mol. The topological polar surface area (TPSA) is 55.4 Å². The smallest absolute Gasteiger partial charge is 0.153 e. The normalized spacial score (nSPS) is 29.3. The number of rotatable bonds is 6. The molecule has 5 heteroatoms. The monoisotopic (exact) mass is 317 g/mol. The van der Waals surface area contributed by atoms with Crippen molar-refractivity contribution < 1.29 is 13.2 Å². The predicted molar refractivity (Wildman–Crippen MR) is 86.3 cm³/mol. The van der Waals surface area contributed by atoms with E-state index in [4.69, 9.17) is 4.74 Å². The van der Waals surface area contributed by atoms with Gasteiger partial charge in [0.2, 0.25) is 0 Å². The average Bonchev–Trinajstić information content (AvgIpc) is 2.41. The molecule has 0 radical (unpaired) electrons. The van der Waals surface area contributed by atoms with Gasteiger partial charge >= 0.3 is 0 Å². The highest BCUT2D eigenvalue weighted by Gasteiger charge is 2.55. The summed E-state index contributed by atoms with van der Waals surface area (Å²) in [6, 6.07) is 0.412. The van der Waals surface area contributed by atoms with Gasteiger partial charge < -0.3 is 10.1 Å². The van der Waals surface area contributed by atoms with Gasteiger partial charge in [0.25, 0.3) is 0 Å². The molecule has 1 N–H and O–H groups in total. The number of sulfone groups is 1. The van der Waals surface area contributed by atoms with E-state index >= 15 is 0 Å². The molecule has 0 saturated heterocycles. The second kappa shape index (κ2) is 6.17.